The van der Waals surface area contributed by atoms with Crippen molar-refractivity contribution in [2.24, 2.45) is 0 Å². The zero-order chi connectivity index (χ0) is 23.6. The first-order valence-electron chi connectivity index (χ1n) is 11.0. The molecule has 0 heterocycles. The molecule has 3 aromatic rings. The third-order valence-corrected chi connectivity index (χ3v) is 5.39. The SMILES string of the molecule is CCN(C(=O)Cc1ccc(NC(=O)CCc2cc(OC)ccc2OC)cc1)c1ccccc1. The number of nitrogens with zero attached hydrogens (tertiary/aromatic N) is 1. The van der Waals surface area contributed by atoms with Crippen LogP contribution in [0.1, 0.15) is 24.5 Å². The number of anilines is 2. The molecule has 6 nitrogen and oxygen atoms in total. The first-order valence-corrected chi connectivity index (χ1v) is 11.0. The van der Waals surface area contributed by atoms with Crippen molar-refractivity contribution >= 4 is 23.2 Å². The number of hydrogen-bond donors (Lipinski definition) is 1. The standard InChI is InChI=1S/C27H30N2O4/c1-4-29(23-8-6-5-7-9-23)27(31)18-20-10-13-22(14-11-20)28-26(30)17-12-21-19-24(32-2)15-16-25(21)33-3/h5-11,13-16,19H,4,12,17-18H2,1-3H3,(H,28,30). The molecule has 0 aliphatic carbocycles. The molecular weight excluding hydrogens is 416 g/mol. The number of benzene rings is 3. The van der Waals surface area contributed by atoms with E-state index in [1.54, 1.807) is 19.1 Å². The van der Waals surface area contributed by atoms with Gasteiger partial charge in [-0.25, -0.2) is 0 Å². The van der Waals surface area contributed by atoms with E-state index in [0.717, 1.165) is 28.3 Å². The highest BCUT2D eigenvalue weighted by Gasteiger charge is 2.14. The highest BCUT2D eigenvalue weighted by Crippen LogP contribution is 2.25. The van der Waals surface area contributed by atoms with Gasteiger partial charge in [-0.1, -0.05) is 30.3 Å². The summed E-state index contributed by atoms with van der Waals surface area (Å²) in [5, 5.41) is 2.91. The molecule has 2 amide bonds. The van der Waals surface area contributed by atoms with Crippen molar-refractivity contribution in [3.05, 3.63) is 83.9 Å². The van der Waals surface area contributed by atoms with Crippen molar-refractivity contribution in [2.75, 3.05) is 31.0 Å². The lowest BCUT2D eigenvalue weighted by Gasteiger charge is -2.21. The second-order valence-corrected chi connectivity index (χ2v) is 7.57. The molecule has 0 saturated heterocycles. The maximum absolute atomic E-state index is 12.8. The Labute approximate surface area is 195 Å². The van der Waals surface area contributed by atoms with Crippen LogP contribution in [0.4, 0.5) is 11.4 Å². The molecule has 0 atom stereocenters. The molecule has 0 aliphatic rings. The molecular formula is C27H30N2O4. The molecule has 0 fully saturated rings. The topological polar surface area (TPSA) is 67.9 Å². The lowest BCUT2D eigenvalue weighted by atomic mass is 10.1. The quantitative estimate of drug-likeness (QED) is 0.482. The Kier molecular flexibility index (Phi) is 8.47. The predicted molar refractivity (Wildman–Crippen MR) is 131 cm³/mol. The third kappa shape index (κ3) is 6.59. The van der Waals surface area contributed by atoms with Crippen molar-refractivity contribution in [2.45, 2.75) is 26.2 Å². The van der Waals surface area contributed by atoms with E-state index < -0.39 is 0 Å². The Hall–Kier alpha value is -3.80. The first kappa shape index (κ1) is 23.9. The fourth-order valence-electron chi connectivity index (χ4n) is 3.64. The number of amides is 2. The second kappa shape index (κ2) is 11.7. The Balaban J connectivity index is 1.55. The van der Waals surface area contributed by atoms with Crippen molar-refractivity contribution in [3.8, 4) is 11.5 Å². The molecule has 6 heteroatoms. The van der Waals surface area contributed by atoms with Crippen LogP contribution in [-0.4, -0.2) is 32.6 Å². The van der Waals surface area contributed by atoms with Gasteiger partial charge >= 0.3 is 0 Å². The lowest BCUT2D eigenvalue weighted by Crippen LogP contribution is -2.31. The summed E-state index contributed by atoms with van der Waals surface area (Å²) in [6.45, 7) is 2.57. The minimum atomic E-state index is -0.0927. The number of nitrogens with one attached hydrogen (secondary N) is 1. The molecule has 3 aromatic carbocycles. The fourth-order valence-corrected chi connectivity index (χ4v) is 3.64. The van der Waals surface area contributed by atoms with Crippen LogP contribution in [0, 0.1) is 0 Å². The van der Waals surface area contributed by atoms with Crippen molar-refractivity contribution in [1.82, 2.24) is 0 Å². The normalized spacial score (nSPS) is 10.4. The summed E-state index contributed by atoms with van der Waals surface area (Å²) in [5.41, 5.74) is 3.40. The Morgan fingerprint density at radius 2 is 1.64 bits per heavy atom. The largest absolute Gasteiger partial charge is 0.497 e. The van der Waals surface area contributed by atoms with E-state index in [0.29, 0.717) is 31.5 Å². The van der Waals surface area contributed by atoms with Crippen LogP contribution in [0.5, 0.6) is 11.5 Å². The average molecular weight is 447 g/mol. The third-order valence-electron chi connectivity index (χ3n) is 5.39. The van der Waals surface area contributed by atoms with Crippen LogP contribution in [0.25, 0.3) is 0 Å². The fraction of sp³-hybridized carbons (Fsp3) is 0.259. The summed E-state index contributed by atoms with van der Waals surface area (Å²) in [4.78, 5) is 27.0. The first-order chi connectivity index (χ1) is 16.0. The van der Waals surface area contributed by atoms with Gasteiger partial charge in [0.25, 0.3) is 0 Å². The van der Waals surface area contributed by atoms with E-state index in [1.165, 1.54) is 0 Å². The van der Waals surface area contributed by atoms with Crippen LogP contribution in [0.3, 0.4) is 0 Å². The minimum Gasteiger partial charge on any atom is -0.497 e. The molecule has 172 valence electrons. The van der Waals surface area contributed by atoms with Gasteiger partial charge in [-0.2, -0.15) is 0 Å². The second-order valence-electron chi connectivity index (χ2n) is 7.57. The lowest BCUT2D eigenvalue weighted by molar-refractivity contribution is -0.118. The van der Waals surface area contributed by atoms with Crippen LogP contribution >= 0.6 is 0 Å². The highest BCUT2D eigenvalue weighted by atomic mass is 16.5. The number of ether oxygens (including phenoxy) is 2. The number of likely N-dealkylation sites (N-methyl/N-ethyl adjacent to an activating group) is 1. The molecule has 0 unspecified atom stereocenters. The molecule has 3 rings (SSSR count). The summed E-state index contributed by atoms with van der Waals surface area (Å²) in [6.07, 6.45) is 1.14. The maximum Gasteiger partial charge on any atom is 0.231 e. The van der Waals surface area contributed by atoms with E-state index >= 15 is 0 Å². The van der Waals surface area contributed by atoms with E-state index in [2.05, 4.69) is 5.32 Å². The Bertz CT molecular complexity index is 1070. The van der Waals surface area contributed by atoms with Gasteiger partial charge in [0.2, 0.25) is 11.8 Å². The van der Waals surface area contributed by atoms with Gasteiger partial charge in [0.15, 0.2) is 0 Å². The molecule has 0 radical (unpaired) electrons. The molecule has 0 saturated carbocycles. The number of carbonyl (C=O) groups is 2. The van der Waals surface area contributed by atoms with Crippen LogP contribution in [-0.2, 0) is 22.4 Å². The van der Waals surface area contributed by atoms with E-state index in [9.17, 15) is 9.59 Å². The maximum atomic E-state index is 12.8. The highest BCUT2D eigenvalue weighted by molar-refractivity contribution is 5.95. The van der Waals surface area contributed by atoms with Gasteiger partial charge in [-0.15, -0.1) is 0 Å². The summed E-state index contributed by atoms with van der Waals surface area (Å²) in [5.74, 6) is 1.40. The van der Waals surface area contributed by atoms with E-state index in [1.807, 2.05) is 79.7 Å². The van der Waals surface area contributed by atoms with Gasteiger partial charge in [-0.05, 0) is 66.9 Å². The molecule has 33 heavy (non-hydrogen) atoms. The van der Waals surface area contributed by atoms with Gasteiger partial charge in [0.1, 0.15) is 11.5 Å². The monoisotopic (exact) mass is 446 g/mol. The zero-order valence-corrected chi connectivity index (χ0v) is 19.3. The summed E-state index contributed by atoms with van der Waals surface area (Å²) >= 11 is 0. The number of carbonyl (C=O) groups excluding carboxylic acids is 2. The van der Waals surface area contributed by atoms with Crippen LogP contribution in [0.15, 0.2) is 72.8 Å². The molecule has 0 aliphatic heterocycles. The minimum absolute atomic E-state index is 0.0349. The number of rotatable bonds is 10. The molecule has 1 N–H and O–H groups in total. The van der Waals surface area contributed by atoms with Gasteiger partial charge in [0.05, 0.1) is 20.6 Å². The molecule has 0 bridgehead atoms. The predicted octanol–water partition coefficient (Wildman–Crippen LogP) is 4.87. The van der Waals surface area contributed by atoms with Crippen molar-refractivity contribution in [1.29, 1.82) is 0 Å². The number of methoxy groups -OCH3 is 2. The summed E-state index contributed by atoms with van der Waals surface area (Å²) in [6, 6.07) is 22.6. The van der Waals surface area contributed by atoms with Crippen molar-refractivity contribution in [3.63, 3.8) is 0 Å². The molecule has 0 spiro atoms. The van der Waals surface area contributed by atoms with E-state index in [4.69, 9.17) is 9.47 Å². The van der Waals surface area contributed by atoms with Crippen molar-refractivity contribution < 1.29 is 19.1 Å². The number of aryl methyl sites for hydroxylation is 1. The van der Waals surface area contributed by atoms with Gasteiger partial charge < -0.3 is 19.7 Å². The smallest absolute Gasteiger partial charge is 0.231 e. The average Bonchev–Trinajstić information content (AvgIpc) is 2.85. The van der Waals surface area contributed by atoms with E-state index in [-0.39, 0.29) is 11.8 Å². The Morgan fingerprint density at radius 1 is 0.909 bits per heavy atom. The summed E-state index contributed by atoms with van der Waals surface area (Å²) in [7, 11) is 3.22. The van der Waals surface area contributed by atoms with Crippen LogP contribution in [0.2, 0.25) is 0 Å². The number of para-hydroxylation sites is 1. The summed E-state index contributed by atoms with van der Waals surface area (Å²) < 4.78 is 10.6. The number of hydrogen-bond acceptors (Lipinski definition) is 4. The Morgan fingerprint density at radius 3 is 2.27 bits per heavy atom. The van der Waals surface area contributed by atoms with Crippen LogP contribution < -0.4 is 19.7 Å². The van der Waals surface area contributed by atoms with Gasteiger partial charge in [0, 0.05) is 24.3 Å². The zero-order valence-electron chi connectivity index (χ0n) is 19.3. The van der Waals surface area contributed by atoms with Gasteiger partial charge in [-0.3, -0.25) is 9.59 Å². The molecule has 0 aromatic heterocycles.